The molecule has 1 aliphatic heterocycles. The summed E-state index contributed by atoms with van der Waals surface area (Å²) in [5.41, 5.74) is 5.75. The molecule has 4 nitrogen and oxygen atoms in total. The number of hydrogen-bond acceptors (Lipinski definition) is 4. The average Bonchev–Trinajstić information content (AvgIpc) is 2.78. The third-order valence-corrected chi connectivity index (χ3v) is 4.88. The number of aldehydes is 1. The summed E-state index contributed by atoms with van der Waals surface area (Å²) in [7, 11) is 3.29. The van der Waals surface area contributed by atoms with Gasteiger partial charge in [-0.1, -0.05) is 30.3 Å². The standard InChI is InChI=1S/C24H20O4/c1-26-19-8-6-17(7-9-19)22-15-28-23-13-20(27-2)10-11-21(23)24(22)18-5-3-4-16(12-18)14-25/h3-14H,15H2,1-2H3. The number of hydrogen-bond donors (Lipinski definition) is 0. The van der Waals surface area contributed by atoms with Gasteiger partial charge in [0, 0.05) is 22.8 Å². The Balaban J connectivity index is 1.94. The largest absolute Gasteiger partial charge is 0.497 e. The molecule has 0 unspecified atom stereocenters. The molecule has 1 aliphatic rings. The zero-order valence-corrected chi connectivity index (χ0v) is 15.8. The number of carbonyl (C=O) groups is 1. The highest BCUT2D eigenvalue weighted by Crippen LogP contribution is 2.42. The Morgan fingerprint density at radius 2 is 1.61 bits per heavy atom. The van der Waals surface area contributed by atoms with Crippen molar-refractivity contribution in [2.75, 3.05) is 20.8 Å². The SMILES string of the molecule is COc1ccc(C2=C(c3cccc(C=O)c3)c3ccc(OC)cc3OC2)cc1. The van der Waals surface area contributed by atoms with Gasteiger partial charge in [-0.3, -0.25) is 4.79 Å². The molecule has 4 rings (SSSR count). The van der Waals surface area contributed by atoms with Gasteiger partial charge in [-0.25, -0.2) is 0 Å². The van der Waals surface area contributed by atoms with Crippen LogP contribution in [0.15, 0.2) is 66.7 Å². The molecular formula is C24H20O4. The Kier molecular flexibility index (Phi) is 4.85. The van der Waals surface area contributed by atoms with Crippen molar-refractivity contribution in [1.82, 2.24) is 0 Å². The summed E-state index contributed by atoms with van der Waals surface area (Å²) in [6, 6.07) is 21.4. The maximum Gasteiger partial charge on any atom is 0.150 e. The van der Waals surface area contributed by atoms with Crippen molar-refractivity contribution in [1.29, 1.82) is 0 Å². The first-order valence-electron chi connectivity index (χ1n) is 8.98. The number of benzene rings is 3. The summed E-state index contributed by atoms with van der Waals surface area (Å²) in [5, 5.41) is 0. The average molecular weight is 372 g/mol. The molecule has 0 N–H and O–H groups in total. The molecule has 3 aromatic carbocycles. The lowest BCUT2D eigenvalue weighted by Gasteiger charge is -2.25. The van der Waals surface area contributed by atoms with Gasteiger partial charge in [0.15, 0.2) is 0 Å². The van der Waals surface area contributed by atoms with Gasteiger partial charge < -0.3 is 14.2 Å². The Bertz CT molecular complexity index is 1050. The zero-order chi connectivity index (χ0) is 19.5. The maximum absolute atomic E-state index is 11.3. The highest BCUT2D eigenvalue weighted by Gasteiger charge is 2.23. The first-order valence-corrected chi connectivity index (χ1v) is 8.98. The monoisotopic (exact) mass is 372 g/mol. The second-order valence-electron chi connectivity index (χ2n) is 6.48. The summed E-state index contributed by atoms with van der Waals surface area (Å²) in [6.45, 7) is 0.424. The lowest BCUT2D eigenvalue weighted by atomic mass is 9.87. The third kappa shape index (κ3) is 3.25. The molecule has 1 heterocycles. The molecule has 0 spiro atoms. The van der Waals surface area contributed by atoms with Crippen molar-refractivity contribution in [3.8, 4) is 17.2 Å². The van der Waals surface area contributed by atoms with Crippen molar-refractivity contribution in [2.45, 2.75) is 0 Å². The van der Waals surface area contributed by atoms with Crippen LogP contribution in [0.2, 0.25) is 0 Å². The van der Waals surface area contributed by atoms with E-state index in [9.17, 15) is 4.79 Å². The van der Waals surface area contributed by atoms with E-state index in [1.807, 2.05) is 60.7 Å². The normalized spacial score (nSPS) is 12.8. The van der Waals surface area contributed by atoms with Crippen molar-refractivity contribution >= 4 is 17.4 Å². The van der Waals surface area contributed by atoms with Gasteiger partial charge in [0.05, 0.1) is 14.2 Å². The van der Waals surface area contributed by atoms with E-state index in [1.165, 1.54) is 0 Å². The van der Waals surface area contributed by atoms with Crippen LogP contribution in [0.4, 0.5) is 0 Å². The first kappa shape index (κ1) is 17.9. The summed E-state index contributed by atoms with van der Waals surface area (Å²) >= 11 is 0. The molecule has 0 saturated heterocycles. The van der Waals surface area contributed by atoms with E-state index in [-0.39, 0.29) is 0 Å². The molecule has 0 bridgehead atoms. The van der Waals surface area contributed by atoms with Gasteiger partial charge in [-0.15, -0.1) is 0 Å². The van der Waals surface area contributed by atoms with Crippen molar-refractivity contribution < 1.29 is 19.0 Å². The topological polar surface area (TPSA) is 44.8 Å². The minimum atomic E-state index is 0.424. The molecule has 140 valence electrons. The van der Waals surface area contributed by atoms with Crippen molar-refractivity contribution in [3.05, 3.63) is 89.0 Å². The number of rotatable bonds is 5. The number of ether oxygens (including phenoxy) is 3. The molecule has 0 saturated carbocycles. The van der Waals surface area contributed by atoms with E-state index in [1.54, 1.807) is 20.3 Å². The van der Waals surface area contributed by atoms with E-state index >= 15 is 0 Å². The highest BCUT2D eigenvalue weighted by atomic mass is 16.5. The Morgan fingerprint density at radius 1 is 0.857 bits per heavy atom. The summed E-state index contributed by atoms with van der Waals surface area (Å²) in [6.07, 6.45) is 0.866. The molecule has 0 aromatic heterocycles. The second-order valence-corrected chi connectivity index (χ2v) is 6.48. The van der Waals surface area contributed by atoms with Crippen LogP contribution in [-0.2, 0) is 0 Å². The van der Waals surface area contributed by atoms with Crippen LogP contribution >= 0.6 is 0 Å². The fourth-order valence-electron chi connectivity index (χ4n) is 3.46. The maximum atomic E-state index is 11.3. The number of carbonyl (C=O) groups excluding carboxylic acids is 1. The molecule has 0 fully saturated rings. The van der Waals surface area contributed by atoms with E-state index in [0.29, 0.717) is 12.2 Å². The van der Waals surface area contributed by atoms with Gasteiger partial charge >= 0.3 is 0 Å². The van der Waals surface area contributed by atoms with Gasteiger partial charge in [0.1, 0.15) is 30.1 Å². The number of fused-ring (bicyclic) bond motifs is 1. The Morgan fingerprint density at radius 3 is 2.32 bits per heavy atom. The predicted molar refractivity (Wildman–Crippen MR) is 109 cm³/mol. The molecule has 4 heteroatoms. The minimum Gasteiger partial charge on any atom is -0.497 e. The van der Waals surface area contributed by atoms with E-state index < -0.39 is 0 Å². The van der Waals surface area contributed by atoms with Crippen LogP contribution in [0, 0.1) is 0 Å². The van der Waals surface area contributed by atoms with Crippen LogP contribution in [0.25, 0.3) is 11.1 Å². The number of methoxy groups -OCH3 is 2. The van der Waals surface area contributed by atoms with Gasteiger partial charge in [-0.2, -0.15) is 0 Å². The van der Waals surface area contributed by atoms with Crippen LogP contribution in [0.5, 0.6) is 17.2 Å². The molecule has 3 aromatic rings. The van der Waals surface area contributed by atoms with Gasteiger partial charge in [0.2, 0.25) is 0 Å². The lowest BCUT2D eigenvalue weighted by molar-refractivity contribution is 0.112. The lowest BCUT2D eigenvalue weighted by Crippen LogP contribution is -2.12. The fourth-order valence-corrected chi connectivity index (χ4v) is 3.46. The third-order valence-electron chi connectivity index (χ3n) is 4.88. The molecule has 0 amide bonds. The van der Waals surface area contributed by atoms with Crippen LogP contribution in [0.1, 0.15) is 27.0 Å². The van der Waals surface area contributed by atoms with Crippen LogP contribution in [-0.4, -0.2) is 27.1 Å². The molecule has 0 radical (unpaired) electrons. The highest BCUT2D eigenvalue weighted by molar-refractivity contribution is 6.02. The van der Waals surface area contributed by atoms with Crippen molar-refractivity contribution in [3.63, 3.8) is 0 Å². The van der Waals surface area contributed by atoms with Gasteiger partial charge in [0.25, 0.3) is 0 Å². The Hall–Kier alpha value is -3.53. The Labute approximate surface area is 164 Å². The van der Waals surface area contributed by atoms with Crippen LogP contribution in [0.3, 0.4) is 0 Å². The fraction of sp³-hybridized carbons (Fsp3) is 0.125. The van der Waals surface area contributed by atoms with Crippen LogP contribution < -0.4 is 14.2 Å². The van der Waals surface area contributed by atoms with E-state index in [2.05, 4.69) is 0 Å². The first-order chi connectivity index (χ1) is 13.7. The molecular weight excluding hydrogens is 352 g/mol. The van der Waals surface area contributed by atoms with E-state index in [4.69, 9.17) is 14.2 Å². The predicted octanol–water partition coefficient (Wildman–Crippen LogP) is 4.87. The molecule has 28 heavy (non-hydrogen) atoms. The summed E-state index contributed by atoms with van der Waals surface area (Å²) in [5.74, 6) is 2.31. The summed E-state index contributed by atoms with van der Waals surface area (Å²) < 4.78 is 16.7. The molecule has 0 atom stereocenters. The van der Waals surface area contributed by atoms with E-state index in [0.717, 1.165) is 51.4 Å². The quantitative estimate of drug-likeness (QED) is 0.600. The summed E-state index contributed by atoms with van der Waals surface area (Å²) in [4.78, 5) is 11.3. The zero-order valence-electron chi connectivity index (χ0n) is 15.8. The smallest absolute Gasteiger partial charge is 0.150 e. The molecule has 0 aliphatic carbocycles. The minimum absolute atomic E-state index is 0.424. The van der Waals surface area contributed by atoms with Crippen molar-refractivity contribution in [2.24, 2.45) is 0 Å². The second kappa shape index (κ2) is 7.61. The van der Waals surface area contributed by atoms with Gasteiger partial charge in [-0.05, 0) is 47.0 Å².